The van der Waals surface area contributed by atoms with Gasteiger partial charge in [-0.25, -0.2) is 4.79 Å². The van der Waals surface area contributed by atoms with Crippen LogP contribution in [0.25, 0.3) is 0 Å². The van der Waals surface area contributed by atoms with E-state index in [0.29, 0.717) is 0 Å². The monoisotopic (exact) mass is 213 g/mol. The first-order valence-electron chi connectivity index (χ1n) is 4.29. The van der Waals surface area contributed by atoms with Crippen molar-refractivity contribution in [1.82, 2.24) is 9.55 Å². The van der Waals surface area contributed by atoms with Crippen LogP contribution in [-0.2, 0) is 16.1 Å². The molecule has 0 radical (unpaired) electrons. The predicted molar refractivity (Wildman–Crippen MR) is 52.4 cm³/mol. The van der Waals surface area contributed by atoms with E-state index in [1.165, 1.54) is 0 Å². The Morgan fingerprint density at radius 2 is 2.27 bits per heavy atom. The summed E-state index contributed by atoms with van der Waals surface area (Å²) in [5, 5.41) is 0. The molecule has 3 N–H and O–H groups in total. The van der Waals surface area contributed by atoms with Crippen LogP contribution in [0.5, 0.6) is 0 Å². The molecule has 0 fully saturated rings. The second-order valence-electron chi connectivity index (χ2n) is 2.78. The number of ether oxygens (including phenoxy) is 1. The van der Waals surface area contributed by atoms with Crippen LogP contribution in [0, 0.1) is 0 Å². The van der Waals surface area contributed by atoms with E-state index < -0.39 is 17.2 Å². The molecule has 82 valence electrons. The molecule has 0 aliphatic carbocycles. The number of H-pyrrole nitrogens is 1. The van der Waals surface area contributed by atoms with E-state index in [-0.39, 0.29) is 18.8 Å². The number of carbonyl (C=O) groups is 1. The zero-order chi connectivity index (χ0) is 11.4. The lowest BCUT2D eigenvalue weighted by molar-refractivity contribution is -0.143. The zero-order valence-corrected chi connectivity index (χ0v) is 8.15. The molecule has 1 heterocycles. The van der Waals surface area contributed by atoms with Gasteiger partial charge in [0.2, 0.25) is 0 Å². The highest BCUT2D eigenvalue weighted by molar-refractivity contribution is 5.69. The normalized spacial score (nSPS) is 9.93. The quantitative estimate of drug-likeness (QED) is 0.605. The Morgan fingerprint density at radius 1 is 1.60 bits per heavy atom. The van der Waals surface area contributed by atoms with Crippen molar-refractivity contribution in [1.29, 1.82) is 0 Å². The van der Waals surface area contributed by atoms with E-state index >= 15 is 0 Å². The number of nitrogens with two attached hydrogens (primary N) is 1. The molecular weight excluding hydrogens is 202 g/mol. The second-order valence-corrected chi connectivity index (χ2v) is 2.78. The lowest BCUT2D eigenvalue weighted by Crippen LogP contribution is -2.33. The van der Waals surface area contributed by atoms with Crippen molar-refractivity contribution in [2.75, 3.05) is 12.3 Å². The van der Waals surface area contributed by atoms with Gasteiger partial charge >= 0.3 is 11.7 Å². The number of aromatic nitrogens is 2. The summed E-state index contributed by atoms with van der Waals surface area (Å²) in [4.78, 5) is 35.1. The fraction of sp³-hybridized carbons (Fsp3) is 0.375. The molecule has 0 unspecified atom stereocenters. The minimum atomic E-state index is -0.692. The Hall–Kier alpha value is -2.05. The van der Waals surface area contributed by atoms with Crippen molar-refractivity contribution in [3.8, 4) is 0 Å². The maximum Gasteiger partial charge on any atom is 0.328 e. The Morgan fingerprint density at radius 3 is 2.87 bits per heavy atom. The van der Waals surface area contributed by atoms with Crippen molar-refractivity contribution in [3.05, 3.63) is 27.0 Å². The Bertz CT molecular complexity index is 474. The molecule has 0 atom stereocenters. The van der Waals surface area contributed by atoms with Crippen molar-refractivity contribution in [2.45, 2.75) is 13.5 Å². The largest absolute Gasteiger partial charge is 0.465 e. The summed E-state index contributed by atoms with van der Waals surface area (Å²) in [6.07, 6.45) is 1.11. The topological polar surface area (TPSA) is 107 Å². The zero-order valence-electron chi connectivity index (χ0n) is 8.15. The molecule has 0 amide bonds. The third-order valence-electron chi connectivity index (χ3n) is 1.64. The van der Waals surface area contributed by atoms with Crippen LogP contribution in [0.15, 0.2) is 15.8 Å². The number of nitrogen functional groups attached to an aromatic ring is 1. The molecule has 7 heteroatoms. The van der Waals surface area contributed by atoms with Crippen LogP contribution in [0.2, 0.25) is 0 Å². The summed E-state index contributed by atoms with van der Waals surface area (Å²) in [6.45, 7) is 1.61. The van der Waals surface area contributed by atoms with E-state index in [4.69, 9.17) is 5.73 Å². The third-order valence-corrected chi connectivity index (χ3v) is 1.64. The number of hydrogen-bond donors (Lipinski definition) is 2. The lowest BCUT2D eigenvalue weighted by atomic mass is 10.5. The van der Waals surface area contributed by atoms with E-state index in [0.717, 1.165) is 10.8 Å². The van der Waals surface area contributed by atoms with Gasteiger partial charge in [-0.3, -0.25) is 19.1 Å². The van der Waals surface area contributed by atoms with Crippen molar-refractivity contribution in [2.24, 2.45) is 0 Å². The second kappa shape index (κ2) is 4.45. The highest BCUT2D eigenvalue weighted by Crippen LogP contribution is 1.89. The van der Waals surface area contributed by atoms with Gasteiger partial charge in [-0.1, -0.05) is 0 Å². The van der Waals surface area contributed by atoms with Crippen LogP contribution in [-0.4, -0.2) is 22.1 Å². The minimum absolute atomic E-state index is 0.126. The molecule has 1 aromatic rings. The van der Waals surface area contributed by atoms with Crippen LogP contribution in [0.1, 0.15) is 6.92 Å². The maximum absolute atomic E-state index is 11.2. The third kappa shape index (κ3) is 2.70. The molecule has 7 nitrogen and oxygen atoms in total. The van der Waals surface area contributed by atoms with Gasteiger partial charge in [0.25, 0.3) is 5.56 Å². The van der Waals surface area contributed by atoms with E-state index in [2.05, 4.69) is 4.74 Å². The summed E-state index contributed by atoms with van der Waals surface area (Å²) >= 11 is 0. The number of carbonyl (C=O) groups excluding carboxylic acids is 1. The Kier molecular flexibility index (Phi) is 3.27. The van der Waals surface area contributed by atoms with E-state index in [1.54, 1.807) is 6.92 Å². The standard InChI is InChI=1S/C8H11N3O4/c1-2-15-6(12)4-11-3-5(9)7(13)10-8(11)14/h3H,2,4,9H2,1H3,(H,10,13,14). The summed E-state index contributed by atoms with van der Waals surface area (Å²) < 4.78 is 5.62. The number of nitrogens with zero attached hydrogens (tertiary/aromatic N) is 1. The molecule has 0 aliphatic rings. The number of hydrogen-bond acceptors (Lipinski definition) is 5. The first kappa shape index (κ1) is 11.0. The van der Waals surface area contributed by atoms with Gasteiger partial charge in [0.1, 0.15) is 12.2 Å². The highest BCUT2D eigenvalue weighted by atomic mass is 16.5. The number of anilines is 1. The predicted octanol–water partition coefficient (Wildman–Crippen LogP) is -1.32. The average molecular weight is 213 g/mol. The highest BCUT2D eigenvalue weighted by Gasteiger charge is 2.06. The van der Waals surface area contributed by atoms with Gasteiger partial charge in [-0.15, -0.1) is 0 Å². The molecule has 0 saturated heterocycles. The lowest BCUT2D eigenvalue weighted by Gasteiger charge is -2.04. The fourth-order valence-corrected chi connectivity index (χ4v) is 0.989. The summed E-state index contributed by atoms with van der Waals surface area (Å²) in [6, 6.07) is 0. The van der Waals surface area contributed by atoms with E-state index in [1.807, 2.05) is 4.98 Å². The van der Waals surface area contributed by atoms with Crippen molar-refractivity contribution >= 4 is 11.7 Å². The van der Waals surface area contributed by atoms with Gasteiger partial charge < -0.3 is 10.5 Å². The van der Waals surface area contributed by atoms with Crippen molar-refractivity contribution < 1.29 is 9.53 Å². The number of rotatable bonds is 3. The van der Waals surface area contributed by atoms with Crippen molar-refractivity contribution in [3.63, 3.8) is 0 Å². The van der Waals surface area contributed by atoms with Crippen LogP contribution in [0.3, 0.4) is 0 Å². The van der Waals surface area contributed by atoms with Crippen LogP contribution < -0.4 is 17.0 Å². The first-order valence-corrected chi connectivity index (χ1v) is 4.29. The number of nitrogens with one attached hydrogen (secondary N) is 1. The molecule has 0 saturated carbocycles. The SMILES string of the molecule is CCOC(=O)Cn1cc(N)c(=O)[nH]c1=O. The van der Waals surface area contributed by atoms with Crippen LogP contribution in [0.4, 0.5) is 5.69 Å². The van der Waals surface area contributed by atoms with Gasteiger partial charge in [-0.2, -0.15) is 0 Å². The van der Waals surface area contributed by atoms with Gasteiger partial charge in [0.05, 0.1) is 6.61 Å². The average Bonchev–Trinajstić information content (AvgIpc) is 2.14. The Labute approximate surface area is 84.5 Å². The first-order chi connectivity index (χ1) is 7.04. The minimum Gasteiger partial charge on any atom is -0.465 e. The smallest absolute Gasteiger partial charge is 0.328 e. The molecule has 0 aliphatic heterocycles. The molecule has 0 bridgehead atoms. The summed E-state index contributed by atoms with van der Waals surface area (Å²) in [5.41, 5.74) is 3.80. The maximum atomic E-state index is 11.2. The summed E-state index contributed by atoms with van der Waals surface area (Å²) in [5.74, 6) is -0.564. The van der Waals surface area contributed by atoms with E-state index in [9.17, 15) is 14.4 Å². The van der Waals surface area contributed by atoms with Crippen LogP contribution >= 0.6 is 0 Å². The number of esters is 1. The number of aromatic amines is 1. The van der Waals surface area contributed by atoms with Gasteiger partial charge in [-0.05, 0) is 6.92 Å². The molecule has 15 heavy (non-hydrogen) atoms. The van der Waals surface area contributed by atoms with Gasteiger partial charge in [0, 0.05) is 6.20 Å². The molecule has 1 aromatic heterocycles. The Balaban J connectivity index is 2.96. The van der Waals surface area contributed by atoms with Gasteiger partial charge in [0.15, 0.2) is 0 Å². The molecule has 1 rings (SSSR count). The molecule has 0 spiro atoms. The molecule has 0 aromatic carbocycles. The summed E-state index contributed by atoms with van der Waals surface area (Å²) in [7, 11) is 0. The fourth-order valence-electron chi connectivity index (χ4n) is 0.989. The molecular formula is C8H11N3O4.